The number of nitrogens with one attached hydrogen (secondary N) is 2. The minimum absolute atomic E-state index is 0.00799. The van der Waals surface area contributed by atoms with Crippen LogP contribution >= 0.6 is 15.9 Å². The zero-order chi connectivity index (χ0) is 15.4. The summed E-state index contributed by atoms with van der Waals surface area (Å²) in [6, 6.07) is 5.84. The molecule has 1 aromatic carbocycles. The van der Waals surface area contributed by atoms with E-state index in [1.54, 1.807) is 24.3 Å². The van der Waals surface area contributed by atoms with E-state index in [0.29, 0.717) is 5.56 Å². The maximum Gasteiger partial charge on any atom is 0.326 e. The van der Waals surface area contributed by atoms with Crippen LogP contribution < -0.4 is 10.6 Å². The zero-order valence-corrected chi connectivity index (χ0v) is 12.7. The van der Waals surface area contributed by atoms with Crippen LogP contribution in [0.25, 0.3) is 0 Å². The third-order valence-corrected chi connectivity index (χ3v) is 3.72. The summed E-state index contributed by atoms with van der Waals surface area (Å²) < 4.78 is 0.852. The number of carboxylic acids is 1. The van der Waals surface area contributed by atoms with Gasteiger partial charge in [0.15, 0.2) is 0 Å². The topological polar surface area (TPSA) is 95.5 Å². The van der Waals surface area contributed by atoms with E-state index >= 15 is 0 Å². The fourth-order valence-corrected chi connectivity index (χ4v) is 2.16. The molecule has 0 bridgehead atoms. The first kappa shape index (κ1) is 15.5. The van der Waals surface area contributed by atoms with Crippen molar-refractivity contribution in [1.82, 2.24) is 10.6 Å². The van der Waals surface area contributed by atoms with Gasteiger partial charge in [-0.25, -0.2) is 4.79 Å². The lowest BCUT2D eigenvalue weighted by Gasteiger charge is -2.13. The number of halogens is 1. The van der Waals surface area contributed by atoms with Crippen molar-refractivity contribution in [2.24, 2.45) is 5.92 Å². The summed E-state index contributed by atoms with van der Waals surface area (Å²) >= 11 is 3.27. The van der Waals surface area contributed by atoms with E-state index in [1.807, 2.05) is 0 Å². The summed E-state index contributed by atoms with van der Waals surface area (Å²) in [6.45, 7) is -0.245. The highest BCUT2D eigenvalue weighted by Gasteiger charge is 2.37. The Balaban J connectivity index is 1.81. The lowest BCUT2D eigenvalue weighted by atomic mass is 10.2. The average Bonchev–Trinajstić information content (AvgIpc) is 3.27. The molecule has 7 heteroatoms. The fourth-order valence-electron chi connectivity index (χ4n) is 1.90. The maximum absolute atomic E-state index is 11.8. The molecule has 1 aromatic rings. The molecule has 3 N–H and O–H groups in total. The van der Waals surface area contributed by atoms with Crippen LogP contribution in [-0.2, 0) is 9.59 Å². The molecule has 1 aliphatic rings. The molecule has 21 heavy (non-hydrogen) atoms. The molecular formula is C14H15BrN2O4. The molecule has 6 nitrogen and oxygen atoms in total. The Morgan fingerprint density at radius 1 is 1.24 bits per heavy atom. The van der Waals surface area contributed by atoms with Crippen molar-refractivity contribution in [3.63, 3.8) is 0 Å². The molecule has 0 heterocycles. The molecule has 1 atom stereocenters. The molecule has 0 radical (unpaired) electrons. The second-order valence-corrected chi connectivity index (χ2v) is 5.83. The minimum atomic E-state index is -1.04. The van der Waals surface area contributed by atoms with E-state index in [4.69, 9.17) is 5.11 Å². The van der Waals surface area contributed by atoms with Crippen LogP contribution in [0.15, 0.2) is 28.7 Å². The molecule has 1 fully saturated rings. The number of carbonyl (C=O) groups excluding carboxylic acids is 2. The smallest absolute Gasteiger partial charge is 0.326 e. The van der Waals surface area contributed by atoms with Gasteiger partial charge < -0.3 is 15.7 Å². The quantitative estimate of drug-likeness (QED) is 0.714. The number of amides is 2. The second-order valence-electron chi connectivity index (χ2n) is 4.91. The predicted octanol–water partition coefficient (Wildman–Crippen LogP) is 1.16. The lowest BCUT2D eigenvalue weighted by molar-refractivity contribution is -0.142. The summed E-state index contributed by atoms with van der Waals surface area (Å²) in [5, 5.41) is 13.9. The number of benzene rings is 1. The fraction of sp³-hybridized carbons (Fsp3) is 0.357. The molecule has 2 amide bonds. The van der Waals surface area contributed by atoms with Gasteiger partial charge in [-0.1, -0.05) is 15.9 Å². The van der Waals surface area contributed by atoms with Gasteiger partial charge in [-0.05, 0) is 43.0 Å². The van der Waals surface area contributed by atoms with Crippen molar-refractivity contribution in [3.8, 4) is 0 Å². The summed E-state index contributed by atoms with van der Waals surface area (Å²) in [6.07, 6.45) is 1.62. The van der Waals surface area contributed by atoms with E-state index in [0.717, 1.165) is 17.3 Å². The van der Waals surface area contributed by atoms with Crippen LogP contribution in [0.1, 0.15) is 23.2 Å². The van der Waals surface area contributed by atoms with Crippen molar-refractivity contribution in [2.45, 2.75) is 18.9 Å². The Morgan fingerprint density at radius 3 is 2.38 bits per heavy atom. The molecule has 0 aliphatic heterocycles. The van der Waals surface area contributed by atoms with Crippen LogP contribution in [0, 0.1) is 5.92 Å². The Hall–Kier alpha value is -1.89. The number of hydrogen-bond acceptors (Lipinski definition) is 3. The van der Waals surface area contributed by atoms with Crippen LogP contribution in [0.4, 0.5) is 0 Å². The Labute approximate surface area is 130 Å². The summed E-state index contributed by atoms with van der Waals surface area (Å²) in [5.74, 6) is -1.91. The molecule has 1 saturated carbocycles. The van der Waals surface area contributed by atoms with E-state index in [-0.39, 0.29) is 18.4 Å². The number of rotatable bonds is 6. The number of aliphatic carboxylic acids is 1. The van der Waals surface area contributed by atoms with E-state index in [9.17, 15) is 14.4 Å². The number of hydrogen-bond donors (Lipinski definition) is 3. The SMILES string of the molecule is O=C(CNC(=O)c1ccc(Br)cc1)NC(C(=O)O)C1CC1. The maximum atomic E-state index is 11.8. The molecule has 112 valence electrons. The molecular weight excluding hydrogens is 340 g/mol. The number of carbonyl (C=O) groups is 3. The van der Waals surface area contributed by atoms with E-state index < -0.39 is 17.9 Å². The van der Waals surface area contributed by atoms with E-state index in [2.05, 4.69) is 26.6 Å². The Bertz CT molecular complexity index is 555. The van der Waals surface area contributed by atoms with Gasteiger partial charge >= 0.3 is 5.97 Å². The molecule has 0 saturated heterocycles. The largest absolute Gasteiger partial charge is 0.480 e. The monoisotopic (exact) mass is 354 g/mol. The summed E-state index contributed by atoms with van der Waals surface area (Å²) in [5.41, 5.74) is 0.433. The van der Waals surface area contributed by atoms with Crippen molar-refractivity contribution in [2.75, 3.05) is 6.54 Å². The molecule has 0 aromatic heterocycles. The van der Waals surface area contributed by atoms with Gasteiger partial charge in [0.25, 0.3) is 5.91 Å². The first-order valence-electron chi connectivity index (χ1n) is 6.53. The highest BCUT2D eigenvalue weighted by molar-refractivity contribution is 9.10. The van der Waals surface area contributed by atoms with E-state index in [1.165, 1.54) is 0 Å². The van der Waals surface area contributed by atoms with Gasteiger partial charge in [0, 0.05) is 10.0 Å². The number of carboxylic acid groups (broad SMARTS) is 1. The van der Waals surface area contributed by atoms with Gasteiger partial charge in [-0.3, -0.25) is 9.59 Å². The first-order valence-corrected chi connectivity index (χ1v) is 7.32. The summed E-state index contributed by atoms with van der Waals surface area (Å²) in [4.78, 5) is 34.5. The molecule has 1 unspecified atom stereocenters. The Morgan fingerprint density at radius 2 is 1.86 bits per heavy atom. The minimum Gasteiger partial charge on any atom is -0.480 e. The molecule has 2 rings (SSSR count). The molecule has 1 aliphatic carbocycles. The Kier molecular flexibility index (Phi) is 4.95. The van der Waals surface area contributed by atoms with Crippen molar-refractivity contribution in [1.29, 1.82) is 0 Å². The van der Waals surface area contributed by atoms with Gasteiger partial charge in [-0.2, -0.15) is 0 Å². The average molecular weight is 355 g/mol. The highest BCUT2D eigenvalue weighted by Crippen LogP contribution is 2.32. The van der Waals surface area contributed by atoms with Gasteiger partial charge in [0.05, 0.1) is 6.54 Å². The van der Waals surface area contributed by atoms with Gasteiger partial charge in [0.1, 0.15) is 6.04 Å². The van der Waals surface area contributed by atoms with Crippen LogP contribution in [-0.4, -0.2) is 35.5 Å². The lowest BCUT2D eigenvalue weighted by Crippen LogP contribution is -2.46. The van der Waals surface area contributed by atoms with Crippen LogP contribution in [0.3, 0.4) is 0 Å². The highest BCUT2D eigenvalue weighted by atomic mass is 79.9. The van der Waals surface area contributed by atoms with Crippen molar-refractivity contribution >= 4 is 33.7 Å². The zero-order valence-electron chi connectivity index (χ0n) is 11.1. The first-order chi connectivity index (χ1) is 9.97. The third-order valence-electron chi connectivity index (χ3n) is 3.19. The second kappa shape index (κ2) is 6.71. The third kappa shape index (κ3) is 4.56. The van der Waals surface area contributed by atoms with Gasteiger partial charge in [0.2, 0.25) is 5.91 Å². The standard InChI is InChI=1S/C14H15BrN2O4/c15-10-5-3-9(4-6-10)13(19)16-7-11(18)17-12(14(20)21)8-1-2-8/h3-6,8,12H,1-2,7H2,(H,16,19)(H,17,18)(H,20,21). The predicted molar refractivity (Wildman–Crippen MR) is 78.8 cm³/mol. The van der Waals surface area contributed by atoms with Crippen molar-refractivity contribution < 1.29 is 19.5 Å². The van der Waals surface area contributed by atoms with Crippen LogP contribution in [0.2, 0.25) is 0 Å². The normalized spacial score (nSPS) is 15.1. The summed E-state index contributed by atoms with van der Waals surface area (Å²) in [7, 11) is 0. The van der Waals surface area contributed by atoms with Gasteiger partial charge in [-0.15, -0.1) is 0 Å². The van der Waals surface area contributed by atoms with Crippen LogP contribution in [0.5, 0.6) is 0 Å². The molecule has 0 spiro atoms. The van der Waals surface area contributed by atoms with Crippen molar-refractivity contribution in [3.05, 3.63) is 34.3 Å².